The van der Waals surface area contributed by atoms with E-state index in [4.69, 9.17) is 4.98 Å². The molecule has 0 unspecified atom stereocenters. The second kappa shape index (κ2) is 21.3. The minimum Gasteiger partial charge on any atom is -0.309 e. The summed E-state index contributed by atoms with van der Waals surface area (Å²) in [5.41, 5.74) is 20.3. The third kappa shape index (κ3) is 7.77. The monoisotopic (exact) mass is 1270 g/mol. The fraction of sp³-hybridized carbons (Fsp3) is 0. The molecule has 100 heavy (non-hydrogen) atoms. The molecule has 7 aromatic heterocycles. The van der Waals surface area contributed by atoms with Crippen molar-refractivity contribution in [3.63, 3.8) is 0 Å². The van der Waals surface area contributed by atoms with Crippen molar-refractivity contribution in [2.24, 2.45) is 0 Å². The quantitative estimate of drug-likeness (QED) is 0.152. The molecule has 0 aliphatic rings. The van der Waals surface area contributed by atoms with Crippen LogP contribution in [0.5, 0.6) is 0 Å². The molecule has 9 nitrogen and oxygen atoms in total. The number of nitriles is 2. The third-order valence-corrected chi connectivity index (χ3v) is 20.9. The summed E-state index contributed by atoms with van der Waals surface area (Å²) in [5.74, 6) is 1.34. The van der Waals surface area contributed by atoms with Crippen molar-refractivity contribution >= 4 is 131 Å². The molecule has 0 aliphatic carbocycles. The summed E-state index contributed by atoms with van der Waals surface area (Å²) in [4.78, 5) is 6.47. The van der Waals surface area contributed by atoms with Crippen LogP contribution in [0.15, 0.2) is 322 Å². The molecular weight excluding hydrogens is 1220 g/mol. The number of para-hydroxylation sites is 9. The fourth-order valence-corrected chi connectivity index (χ4v) is 16.7. The Morgan fingerprint density at radius 1 is 0.210 bits per heavy atom. The summed E-state index contributed by atoms with van der Waals surface area (Å²) in [6.45, 7) is 0. The Kier molecular flexibility index (Phi) is 11.8. The van der Waals surface area contributed by atoms with Gasteiger partial charge in [0, 0.05) is 92.8 Å². The lowest BCUT2D eigenvalue weighted by Gasteiger charge is -2.26. The zero-order chi connectivity index (χ0) is 65.8. The molecule has 0 saturated heterocycles. The van der Waals surface area contributed by atoms with E-state index in [1.165, 1.54) is 32.3 Å². The number of pyridine rings is 1. The maximum atomic E-state index is 11.2. The van der Waals surface area contributed by atoms with Crippen LogP contribution < -0.4 is 0 Å². The average Bonchev–Trinajstić information content (AvgIpc) is 1.47. The summed E-state index contributed by atoms with van der Waals surface area (Å²) in [6.07, 6.45) is 0. The van der Waals surface area contributed by atoms with Gasteiger partial charge in [-0.05, 0) is 132 Å². The van der Waals surface area contributed by atoms with Crippen molar-refractivity contribution in [1.82, 2.24) is 32.4 Å². The first-order chi connectivity index (χ1) is 49.6. The van der Waals surface area contributed by atoms with Crippen LogP contribution in [-0.2, 0) is 0 Å². The standard InChI is InChI=1S/C91H53N9/c92-54-58-43-42-57(50-59(58)55-93)87-88(56-22-2-1-3-23-56)90(99-82-40-20-11-31-70(82)73-52-61(45-48-85(73)99)96-77-35-15-6-26-65(77)66-27-7-16-36-78(66)96)94-91(100-83-41-21-12-32-71(83)74-53-62(46-49-86(74)100)97-79-37-17-8-28-67(79)68-29-9-18-38-80(68)97)89(87)98-81-39-19-10-30-69(81)72-51-60(44-47-84(72)98)95-75-33-13-4-24-63(75)64-25-5-14-34-76(64)95/h1-53H. The summed E-state index contributed by atoms with van der Waals surface area (Å²) in [7, 11) is 0. The lowest BCUT2D eigenvalue weighted by molar-refractivity contribution is 0.986. The first kappa shape index (κ1) is 55.3. The van der Waals surface area contributed by atoms with Crippen LogP contribution in [0.2, 0.25) is 0 Å². The highest BCUT2D eigenvalue weighted by atomic mass is 15.2. The first-order valence-electron chi connectivity index (χ1n) is 33.7. The van der Waals surface area contributed by atoms with E-state index in [0.29, 0.717) is 17.2 Å². The van der Waals surface area contributed by atoms with Gasteiger partial charge in [-0.1, -0.05) is 200 Å². The van der Waals surface area contributed by atoms with E-state index >= 15 is 0 Å². The van der Waals surface area contributed by atoms with Crippen LogP contribution in [0, 0.1) is 22.7 Å². The second-order valence-electron chi connectivity index (χ2n) is 26.0. The molecule has 462 valence electrons. The molecule has 0 saturated carbocycles. The number of nitrogens with zero attached hydrogens (tertiary/aromatic N) is 9. The zero-order valence-electron chi connectivity index (χ0n) is 53.6. The smallest absolute Gasteiger partial charge is 0.165 e. The van der Waals surface area contributed by atoms with E-state index in [2.05, 4.69) is 343 Å². The van der Waals surface area contributed by atoms with Crippen molar-refractivity contribution in [2.45, 2.75) is 0 Å². The average molecular weight is 1270 g/mol. The van der Waals surface area contributed by atoms with Crippen LogP contribution in [0.4, 0.5) is 0 Å². The number of rotatable bonds is 8. The van der Waals surface area contributed by atoms with E-state index in [1.54, 1.807) is 0 Å². The van der Waals surface area contributed by atoms with Gasteiger partial charge in [-0.25, -0.2) is 4.98 Å². The summed E-state index contributed by atoms with van der Waals surface area (Å²) < 4.78 is 14.3. The van der Waals surface area contributed by atoms with E-state index in [0.717, 1.165) is 144 Å². The van der Waals surface area contributed by atoms with Crippen molar-refractivity contribution in [3.05, 3.63) is 333 Å². The van der Waals surface area contributed by atoms with Gasteiger partial charge >= 0.3 is 0 Å². The van der Waals surface area contributed by atoms with Gasteiger partial charge in [-0.15, -0.1) is 0 Å². The number of hydrogen-bond acceptors (Lipinski definition) is 3. The largest absolute Gasteiger partial charge is 0.309 e. The first-order valence-corrected chi connectivity index (χ1v) is 33.7. The van der Waals surface area contributed by atoms with E-state index < -0.39 is 0 Å². The molecule has 0 fully saturated rings. The van der Waals surface area contributed by atoms with Gasteiger partial charge in [0.05, 0.1) is 83.0 Å². The predicted molar refractivity (Wildman–Crippen MR) is 411 cm³/mol. The molecule has 0 radical (unpaired) electrons. The zero-order valence-corrected chi connectivity index (χ0v) is 53.6. The topological polar surface area (TPSA) is 90.0 Å². The minimum absolute atomic E-state index is 0.270. The van der Waals surface area contributed by atoms with Gasteiger partial charge in [0.2, 0.25) is 0 Å². The van der Waals surface area contributed by atoms with Crippen molar-refractivity contribution in [3.8, 4) is 68.8 Å². The molecule has 0 amide bonds. The van der Waals surface area contributed by atoms with Gasteiger partial charge < -0.3 is 18.3 Å². The number of benzene rings is 14. The van der Waals surface area contributed by atoms with E-state index in [9.17, 15) is 10.5 Å². The molecule has 0 atom stereocenters. The highest BCUT2D eigenvalue weighted by molar-refractivity contribution is 6.18. The van der Waals surface area contributed by atoms with Gasteiger partial charge in [0.1, 0.15) is 18.0 Å². The molecule has 0 aliphatic heterocycles. The second-order valence-corrected chi connectivity index (χ2v) is 26.0. The number of hydrogen-bond donors (Lipinski definition) is 0. The van der Waals surface area contributed by atoms with Crippen molar-refractivity contribution in [1.29, 1.82) is 10.5 Å². The Morgan fingerprint density at radius 3 is 0.860 bits per heavy atom. The molecule has 0 N–H and O–H groups in total. The Balaban J connectivity index is 0.943. The van der Waals surface area contributed by atoms with Crippen molar-refractivity contribution < 1.29 is 0 Å². The molecule has 0 spiro atoms. The Hall–Kier alpha value is -14.0. The van der Waals surface area contributed by atoms with Crippen LogP contribution in [0.1, 0.15) is 11.1 Å². The Bertz CT molecular complexity index is 7030. The lowest BCUT2D eigenvalue weighted by atomic mass is 9.91. The molecule has 21 rings (SSSR count). The minimum atomic E-state index is 0.270. The van der Waals surface area contributed by atoms with E-state index in [-0.39, 0.29) is 5.56 Å². The van der Waals surface area contributed by atoms with Crippen LogP contribution >= 0.6 is 0 Å². The predicted octanol–water partition coefficient (Wildman–Crippen LogP) is 22.7. The van der Waals surface area contributed by atoms with Gasteiger partial charge in [0.15, 0.2) is 5.82 Å². The highest BCUT2D eigenvalue weighted by Crippen LogP contribution is 2.50. The SMILES string of the molecule is N#Cc1ccc(-c2c(-c3ccccc3)c(-n3c4ccccc4c4cc(-n5c6ccccc6c6ccccc65)ccc43)nc(-n3c4ccccc4c4cc(-n5c6ccccc6c6ccccc65)ccc43)c2-n2c3ccccc3c3cc(-n4c5ccccc5c5ccccc54)ccc32)cc1C#N. The lowest BCUT2D eigenvalue weighted by Crippen LogP contribution is -2.13. The van der Waals surface area contributed by atoms with Crippen LogP contribution in [0.3, 0.4) is 0 Å². The Morgan fingerprint density at radius 2 is 0.500 bits per heavy atom. The summed E-state index contributed by atoms with van der Waals surface area (Å²) in [5, 5.41) is 35.5. The molecule has 21 aromatic rings. The maximum Gasteiger partial charge on any atom is 0.165 e. The maximum absolute atomic E-state index is 11.2. The molecule has 14 aromatic carbocycles. The molecule has 0 bridgehead atoms. The normalized spacial score (nSPS) is 12.0. The summed E-state index contributed by atoms with van der Waals surface area (Å²) in [6, 6.07) is 120. The van der Waals surface area contributed by atoms with Crippen molar-refractivity contribution in [2.75, 3.05) is 0 Å². The Labute approximate surface area is 571 Å². The van der Waals surface area contributed by atoms with Gasteiger partial charge in [-0.2, -0.15) is 10.5 Å². The number of fused-ring (bicyclic) bond motifs is 18. The van der Waals surface area contributed by atoms with E-state index in [1.807, 2.05) is 18.2 Å². The molecule has 7 heterocycles. The van der Waals surface area contributed by atoms with Gasteiger partial charge in [0.25, 0.3) is 0 Å². The third-order valence-electron chi connectivity index (χ3n) is 20.9. The van der Waals surface area contributed by atoms with Crippen LogP contribution in [-0.4, -0.2) is 32.4 Å². The summed E-state index contributed by atoms with van der Waals surface area (Å²) >= 11 is 0. The molecular formula is C91H53N9. The van der Waals surface area contributed by atoms with Crippen LogP contribution in [0.25, 0.3) is 187 Å². The molecule has 9 heteroatoms. The van der Waals surface area contributed by atoms with Gasteiger partial charge in [-0.3, -0.25) is 9.13 Å². The number of aromatic nitrogens is 7. The highest BCUT2D eigenvalue weighted by Gasteiger charge is 2.32. The fourth-order valence-electron chi connectivity index (χ4n) is 16.7.